The Hall–Kier alpha value is -2.67. The van der Waals surface area contributed by atoms with E-state index < -0.39 is 6.04 Å². The molecule has 1 aromatic heterocycles. The Kier molecular flexibility index (Phi) is 5.94. The zero-order chi connectivity index (χ0) is 20.2. The predicted molar refractivity (Wildman–Crippen MR) is 109 cm³/mol. The predicted octanol–water partition coefficient (Wildman–Crippen LogP) is 2.81. The van der Waals surface area contributed by atoms with Gasteiger partial charge in [0.15, 0.2) is 5.82 Å². The smallest absolute Gasteiger partial charge is 0.255 e. The molecule has 1 aromatic carbocycles. The van der Waals surface area contributed by atoms with Crippen LogP contribution in [-0.4, -0.2) is 44.3 Å². The van der Waals surface area contributed by atoms with Crippen LogP contribution in [0.3, 0.4) is 0 Å². The number of carbonyl (C=O) groups excluding carboxylic acids is 2. The zero-order valence-corrected chi connectivity index (χ0v) is 16.6. The van der Waals surface area contributed by atoms with E-state index in [9.17, 15) is 9.59 Å². The van der Waals surface area contributed by atoms with E-state index in [2.05, 4.69) is 10.4 Å². The summed E-state index contributed by atoms with van der Waals surface area (Å²) in [5.41, 5.74) is 1.67. The molecule has 4 rings (SSSR count). The average molecular weight is 396 g/mol. The number of amides is 2. The summed E-state index contributed by atoms with van der Waals surface area (Å²) in [5.74, 6) is 0.651. The standard InChI is InChI=1S/C22H28N4O3/c27-13-12-25-11-10-20(24-25)23-21(28)19(14-16-6-2-1-3-7-16)26-15-17-8-4-5-9-18(17)22(26)29/h4-5,8-11,16,19,27H,1-3,6-7,12-15H2,(H,23,24,28)/t19-/m0/s1. The molecule has 154 valence electrons. The molecule has 0 radical (unpaired) electrons. The lowest BCUT2D eigenvalue weighted by molar-refractivity contribution is -0.121. The van der Waals surface area contributed by atoms with E-state index in [1.54, 1.807) is 21.8 Å². The number of nitrogens with one attached hydrogen (secondary N) is 1. The van der Waals surface area contributed by atoms with Gasteiger partial charge < -0.3 is 15.3 Å². The molecule has 1 saturated carbocycles. The molecule has 2 aromatic rings. The third kappa shape index (κ3) is 4.34. The molecule has 0 bridgehead atoms. The molecule has 2 amide bonds. The summed E-state index contributed by atoms with van der Waals surface area (Å²) < 4.78 is 1.59. The van der Waals surface area contributed by atoms with E-state index in [-0.39, 0.29) is 18.4 Å². The molecule has 0 unspecified atom stereocenters. The number of hydrogen-bond acceptors (Lipinski definition) is 4. The number of fused-ring (bicyclic) bond motifs is 1. The highest BCUT2D eigenvalue weighted by Crippen LogP contribution is 2.32. The summed E-state index contributed by atoms with van der Waals surface area (Å²) in [6.45, 7) is 0.833. The van der Waals surface area contributed by atoms with Gasteiger partial charge in [-0.05, 0) is 24.0 Å². The first-order valence-electron chi connectivity index (χ1n) is 10.5. The van der Waals surface area contributed by atoms with Gasteiger partial charge in [0.05, 0.1) is 13.2 Å². The summed E-state index contributed by atoms with van der Waals surface area (Å²) in [6, 6.07) is 8.79. The van der Waals surface area contributed by atoms with Crippen LogP contribution in [0, 0.1) is 5.92 Å². The monoisotopic (exact) mass is 396 g/mol. The quantitative estimate of drug-likeness (QED) is 0.753. The molecule has 1 aliphatic heterocycles. The molecule has 2 N–H and O–H groups in total. The zero-order valence-electron chi connectivity index (χ0n) is 16.6. The minimum atomic E-state index is -0.513. The number of hydrogen-bond donors (Lipinski definition) is 2. The van der Waals surface area contributed by atoms with E-state index in [0.29, 0.717) is 36.8 Å². The number of benzene rings is 1. The van der Waals surface area contributed by atoms with Crippen molar-refractivity contribution in [3.8, 4) is 0 Å². The van der Waals surface area contributed by atoms with Crippen molar-refractivity contribution >= 4 is 17.6 Å². The Morgan fingerprint density at radius 1 is 1.21 bits per heavy atom. The summed E-state index contributed by atoms with van der Waals surface area (Å²) in [7, 11) is 0. The normalized spacial score (nSPS) is 18.0. The Bertz CT molecular complexity index is 872. The second-order valence-electron chi connectivity index (χ2n) is 8.02. The maximum Gasteiger partial charge on any atom is 0.255 e. The number of aliphatic hydroxyl groups is 1. The second-order valence-corrected chi connectivity index (χ2v) is 8.02. The average Bonchev–Trinajstić information content (AvgIpc) is 3.31. The van der Waals surface area contributed by atoms with E-state index in [1.165, 1.54) is 19.3 Å². The molecule has 1 fully saturated rings. The van der Waals surface area contributed by atoms with Gasteiger partial charge in [-0.25, -0.2) is 0 Å². The fourth-order valence-electron chi connectivity index (χ4n) is 4.51. The molecular weight excluding hydrogens is 368 g/mol. The third-order valence-corrected chi connectivity index (χ3v) is 6.03. The summed E-state index contributed by atoms with van der Waals surface area (Å²) >= 11 is 0. The number of rotatable bonds is 7. The number of aliphatic hydroxyl groups excluding tert-OH is 1. The van der Waals surface area contributed by atoms with Gasteiger partial charge in [-0.15, -0.1) is 0 Å². The van der Waals surface area contributed by atoms with Gasteiger partial charge in [-0.2, -0.15) is 5.10 Å². The maximum atomic E-state index is 13.2. The number of carbonyl (C=O) groups is 2. The molecule has 1 atom stereocenters. The lowest BCUT2D eigenvalue weighted by Crippen LogP contribution is -2.45. The van der Waals surface area contributed by atoms with Crippen LogP contribution < -0.4 is 5.32 Å². The van der Waals surface area contributed by atoms with E-state index in [4.69, 9.17) is 5.11 Å². The Morgan fingerprint density at radius 2 is 2.00 bits per heavy atom. The van der Waals surface area contributed by atoms with Crippen molar-refractivity contribution in [2.75, 3.05) is 11.9 Å². The van der Waals surface area contributed by atoms with E-state index in [1.807, 2.05) is 24.3 Å². The fraction of sp³-hybridized carbons (Fsp3) is 0.500. The topological polar surface area (TPSA) is 87.5 Å². The van der Waals surface area contributed by atoms with Crippen LogP contribution in [0.15, 0.2) is 36.5 Å². The molecule has 29 heavy (non-hydrogen) atoms. The van der Waals surface area contributed by atoms with Crippen LogP contribution in [0.5, 0.6) is 0 Å². The molecular formula is C22H28N4O3. The number of aromatic nitrogens is 2. The molecule has 0 spiro atoms. The highest BCUT2D eigenvalue weighted by atomic mass is 16.3. The SMILES string of the molecule is O=C(Nc1ccn(CCO)n1)[C@H](CC1CCCCC1)N1Cc2ccccc2C1=O. The van der Waals surface area contributed by atoms with Gasteiger partial charge in [0.1, 0.15) is 6.04 Å². The summed E-state index contributed by atoms with van der Waals surface area (Å²) in [6.07, 6.45) is 8.27. The van der Waals surface area contributed by atoms with Crippen molar-refractivity contribution in [2.24, 2.45) is 5.92 Å². The lowest BCUT2D eigenvalue weighted by atomic mass is 9.84. The van der Waals surface area contributed by atoms with E-state index >= 15 is 0 Å². The first-order valence-corrected chi connectivity index (χ1v) is 10.5. The maximum absolute atomic E-state index is 13.2. The van der Waals surface area contributed by atoms with Gasteiger partial charge in [0.25, 0.3) is 5.91 Å². The number of nitrogens with zero attached hydrogens (tertiary/aromatic N) is 3. The minimum Gasteiger partial charge on any atom is -0.394 e. The Labute approximate surface area is 170 Å². The van der Waals surface area contributed by atoms with Crippen molar-refractivity contribution in [3.63, 3.8) is 0 Å². The third-order valence-electron chi connectivity index (χ3n) is 6.03. The van der Waals surface area contributed by atoms with Gasteiger partial charge in [0, 0.05) is 24.4 Å². The second kappa shape index (κ2) is 8.78. The Morgan fingerprint density at radius 3 is 2.76 bits per heavy atom. The first kappa shape index (κ1) is 19.6. The molecule has 7 heteroatoms. The van der Waals surface area contributed by atoms with Crippen molar-refractivity contribution in [1.82, 2.24) is 14.7 Å². The lowest BCUT2D eigenvalue weighted by Gasteiger charge is -2.31. The number of anilines is 1. The van der Waals surface area contributed by atoms with Crippen molar-refractivity contribution < 1.29 is 14.7 Å². The largest absolute Gasteiger partial charge is 0.394 e. The molecule has 7 nitrogen and oxygen atoms in total. The van der Waals surface area contributed by atoms with Crippen LogP contribution in [-0.2, 0) is 17.9 Å². The molecule has 0 saturated heterocycles. The van der Waals surface area contributed by atoms with Crippen LogP contribution in [0.4, 0.5) is 5.82 Å². The molecule has 2 heterocycles. The highest BCUT2D eigenvalue weighted by Gasteiger charge is 2.37. The van der Waals surface area contributed by atoms with Crippen LogP contribution in [0.2, 0.25) is 0 Å². The van der Waals surface area contributed by atoms with Crippen molar-refractivity contribution in [3.05, 3.63) is 47.7 Å². The molecule has 1 aliphatic carbocycles. The Balaban J connectivity index is 1.53. The van der Waals surface area contributed by atoms with Gasteiger partial charge in [-0.3, -0.25) is 14.3 Å². The summed E-state index contributed by atoms with van der Waals surface area (Å²) in [5, 5.41) is 16.2. The van der Waals surface area contributed by atoms with E-state index in [0.717, 1.165) is 18.4 Å². The highest BCUT2D eigenvalue weighted by molar-refractivity contribution is 6.03. The minimum absolute atomic E-state index is 0.0140. The fourth-order valence-corrected chi connectivity index (χ4v) is 4.51. The first-order chi connectivity index (χ1) is 14.2. The van der Waals surface area contributed by atoms with Gasteiger partial charge in [0.2, 0.25) is 5.91 Å². The molecule has 2 aliphatic rings. The summed E-state index contributed by atoms with van der Waals surface area (Å²) in [4.78, 5) is 28.0. The van der Waals surface area contributed by atoms with Gasteiger partial charge >= 0.3 is 0 Å². The van der Waals surface area contributed by atoms with Crippen molar-refractivity contribution in [2.45, 2.75) is 57.7 Å². The van der Waals surface area contributed by atoms with Crippen molar-refractivity contribution in [1.29, 1.82) is 0 Å². The van der Waals surface area contributed by atoms with Gasteiger partial charge in [-0.1, -0.05) is 50.3 Å². The van der Waals surface area contributed by atoms with Crippen LogP contribution >= 0.6 is 0 Å². The van der Waals surface area contributed by atoms with Crippen LogP contribution in [0.1, 0.15) is 54.4 Å². The van der Waals surface area contributed by atoms with Crippen LogP contribution in [0.25, 0.3) is 0 Å².